The Morgan fingerprint density at radius 1 is 1.39 bits per heavy atom. The van der Waals surface area contributed by atoms with E-state index in [0.717, 1.165) is 37.3 Å². The SMILES string of the molecule is Cc1cc(N)cc(N2CCCC3C(=O)NCC32)c1. The highest BCUT2D eigenvalue weighted by Gasteiger charge is 2.40. The highest BCUT2D eigenvalue weighted by molar-refractivity contribution is 5.83. The van der Waals surface area contributed by atoms with Gasteiger partial charge in [-0.15, -0.1) is 0 Å². The van der Waals surface area contributed by atoms with Crippen LogP contribution in [0.15, 0.2) is 18.2 Å². The van der Waals surface area contributed by atoms with Gasteiger partial charge < -0.3 is 16.0 Å². The van der Waals surface area contributed by atoms with Crippen LogP contribution in [0.4, 0.5) is 11.4 Å². The number of nitrogens with zero attached hydrogens (tertiary/aromatic N) is 1. The first-order valence-electron chi connectivity index (χ1n) is 6.56. The molecular weight excluding hydrogens is 226 g/mol. The largest absolute Gasteiger partial charge is 0.399 e. The van der Waals surface area contributed by atoms with E-state index in [1.165, 1.54) is 5.56 Å². The van der Waals surface area contributed by atoms with E-state index in [2.05, 4.69) is 23.2 Å². The van der Waals surface area contributed by atoms with E-state index in [0.29, 0.717) is 6.04 Å². The van der Waals surface area contributed by atoms with Crippen LogP contribution >= 0.6 is 0 Å². The average Bonchev–Trinajstić information content (AvgIpc) is 2.70. The van der Waals surface area contributed by atoms with E-state index < -0.39 is 0 Å². The molecule has 2 saturated heterocycles. The quantitative estimate of drug-likeness (QED) is 0.733. The molecule has 2 aliphatic rings. The maximum Gasteiger partial charge on any atom is 0.225 e. The number of benzene rings is 1. The molecule has 0 saturated carbocycles. The van der Waals surface area contributed by atoms with Gasteiger partial charge >= 0.3 is 0 Å². The third-order valence-corrected chi connectivity index (χ3v) is 4.02. The first-order chi connectivity index (χ1) is 8.65. The van der Waals surface area contributed by atoms with Crippen LogP contribution in [0.3, 0.4) is 0 Å². The number of piperidine rings is 1. The van der Waals surface area contributed by atoms with E-state index in [9.17, 15) is 4.79 Å². The van der Waals surface area contributed by atoms with Crippen LogP contribution in [0, 0.1) is 12.8 Å². The molecule has 2 atom stereocenters. The van der Waals surface area contributed by atoms with Gasteiger partial charge in [0.1, 0.15) is 0 Å². The third kappa shape index (κ3) is 1.82. The molecule has 0 radical (unpaired) electrons. The molecule has 96 valence electrons. The van der Waals surface area contributed by atoms with Crippen molar-refractivity contribution in [1.82, 2.24) is 5.32 Å². The monoisotopic (exact) mass is 245 g/mol. The molecule has 3 N–H and O–H groups in total. The second-order valence-corrected chi connectivity index (χ2v) is 5.36. The van der Waals surface area contributed by atoms with E-state index >= 15 is 0 Å². The molecule has 18 heavy (non-hydrogen) atoms. The number of anilines is 2. The van der Waals surface area contributed by atoms with Gasteiger partial charge in [-0.3, -0.25) is 4.79 Å². The first kappa shape index (κ1) is 11.4. The minimum absolute atomic E-state index is 0.153. The molecule has 2 aliphatic heterocycles. The van der Waals surface area contributed by atoms with E-state index in [4.69, 9.17) is 5.73 Å². The van der Waals surface area contributed by atoms with E-state index in [-0.39, 0.29) is 11.8 Å². The van der Waals surface area contributed by atoms with Crippen molar-refractivity contribution in [1.29, 1.82) is 0 Å². The van der Waals surface area contributed by atoms with E-state index in [1.807, 2.05) is 12.1 Å². The summed E-state index contributed by atoms with van der Waals surface area (Å²) in [4.78, 5) is 14.1. The number of nitrogens with one attached hydrogen (secondary N) is 1. The Morgan fingerprint density at radius 3 is 3.00 bits per heavy atom. The molecule has 0 aliphatic carbocycles. The summed E-state index contributed by atoms with van der Waals surface area (Å²) < 4.78 is 0. The Bertz CT molecular complexity index is 466. The molecule has 1 aromatic rings. The summed E-state index contributed by atoms with van der Waals surface area (Å²) in [5.74, 6) is 0.366. The lowest BCUT2D eigenvalue weighted by molar-refractivity contribution is -0.122. The second kappa shape index (κ2) is 4.19. The number of nitrogens with two attached hydrogens (primary N) is 1. The highest BCUT2D eigenvalue weighted by Crippen LogP contribution is 2.32. The number of aryl methyl sites for hydroxylation is 1. The molecule has 0 bridgehead atoms. The lowest BCUT2D eigenvalue weighted by Gasteiger charge is -2.38. The minimum Gasteiger partial charge on any atom is -0.399 e. The Balaban J connectivity index is 1.93. The molecule has 2 unspecified atom stereocenters. The summed E-state index contributed by atoms with van der Waals surface area (Å²) in [7, 11) is 0. The van der Waals surface area contributed by atoms with Crippen molar-refractivity contribution in [3.63, 3.8) is 0 Å². The minimum atomic E-state index is 0.153. The van der Waals surface area contributed by atoms with Gasteiger partial charge in [0.2, 0.25) is 5.91 Å². The number of hydrogen-bond donors (Lipinski definition) is 2. The van der Waals surface area contributed by atoms with Gasteiger partial charge in [-0.05, 0) is 43.5 Å². The van der Waals surface area contributed by atoms with Gasteiger partial charge in [-0.1, -0.05) is 0 Å². The number of carbonyl (C=O) groups excluding carboxylic acids is 1. The number of carbonyl (C=O) groups is 1. The Hall–Kier alpha value is -1.71. The summed E-state index contributed by atoms with van der Waals surface area (Å²) >= 11 is 0. The molecular formula is C14H19N3O. The molecule has 1 aromatic carbocycles. The summed E-state index contributed by atoms with van der Waals surface area (Å²) in [6.45, 7) is 3.83. The third-order valence-electron chi connectivity index (χ3n) is 4.02. The number of fused-ring (bicyclic) bond motifs is 1. The maximum absolute atomic E-state index is 11.8. The predicted molar refractivity (Wildman–Crippen MR) is 72.5 cm³/mol. The second-order valence-electron chi connectivity index (χ2n) is 5.36. The van der Waals surface area contributed by atoms with Crippen molar-refractivity contribution < 1.29 is 4.79 Å². The predicted octanol–water partition coefficient (Wildman–Crippen LogP) is 1.29. The molecule has 3 rings (SSSR count). The van der Waals surface area contributed by atoms with Crippen molar-refractivity contribution in [3.05, 3.63) is 23.8 Å². The fourth-order valence-electron chi connectivity index (χ4n) is 3.23. The van der Waals surface area contributed by atoms with Crippen molar-refractivity contribution in [2.45, 2.75) is 25.8 Å². The zero-order valence-electron chi connectivity index (χ0n) is 10.6. The van der Waals surface area contributed by atoms with Crippen LogP contribution in [-0.2, 0) is 4.79 Å². The molecule has 1 amide bonds. The van der Waals surface area contributed by atoms with Crippen molar-refractivity contribution in [3.8, 4) is 0 Å². The topological polar surface area (TPSA) is 58.4 Å². The average molecular weight is 245 g/mol. The van der Waals surface area contributed by atoms with Crippen LogP contribution in [0.1, 0.15) is 18.4 Å². The highest BCUT2D eigenvalue weighted by atomic mass is 16.2. The van der Waals surface area contributed by atoms with Gasteiger partial charge in [-0.25, -0.2) is 0 Å². The van der Waals surface area contributed by atoms with Crippen molar-refractivity contribution in [2.24, 2.45) is 5.92 Å². The summed E-state index contributed by atoms with van der Waals surface area (Å²) in [5.41, 5.74) is 9.04. The van der Waals surface area contributed by atoms with Gasteiger partial charge in [0.25, 0.3) is 0 Å². The standard InChI is InChI=1S/C14H19N3O/c1-9-5-10(15)7-11(6-9)17-4-2-3-12-13(17)8-16-14(12)18/h5-7,12-13H,2-4,8,15H2,1H3,(H,16,18). The Kier molecular flexibility index (Phi) is 2.65. The zero-order chi connectivity index (χ0) is 12.7. The molecule has 4 heteroatoms. The van der Waals surface area contributed by atoms with Gasteiger partial charge in [0.15, 0.2) is 0 Å². The molecule has 4 nitrogen and oxygen atoms in total. The van der Waals surface area contributed by atoms with Gasteiger partial charge in [0, 0.05) is 24.5 Å². The number of amides is 1. The van der Waals surface area contributed by atoms with Crippen LogP contribution in [0.2, 0.25) is 0 Å². The van der Waals surface area contributed by atoms with Crippen LogP contribution in [-0.4, -0.2) is 25.0 Å². The van der Waals surface area contributed by atoms with Gasteiger partial charge in [-0.2, -0.15) is 0 Å². The van der Waals surface area contributed by atoms with Crippen molar-refractivity contribution >= 4 is 17.3 Å². The summed E-state index contributed by atoms with van der Waals surface area (Å²) in [6.07, 6.45) is 2.08. The molecule has 2 fully saturated rings. The lowest BCUT2D eigenvalue weighted by atomic mass is 9.91. The molecule has 0 aromatic heterocycles. The Labute approximate surface area is 107 Å². The summed E-state index contributed by atoms with van der Waals surface area (Å²) in [6, 6.07) is 6.44. The van der Waals surface area contributed by atoms with Gasteiger partial charge in [0.05, 0.1) is 12.0 Å². The molecule has 2 heterocycles. The normalized spacial score (nSPS) is 26.9. The van der Waals surface area contributed by atoms with Crippen molar-refractivity contribution in [2.75, 3.05) is 23.7 Å². The van der Waals surface area contributed by atoms with Crippen LogP contribution < -0.4 is 16.0 Å². The van der Waals surface area contributed by atoms with Crippen LogP contribution in [0.5, 0.6) is 0 Å². The van der Waals surface area contributed by atoms with Crippen LogP contribution in [0.25, 0.3) is 0 Å². The maximum atomic E-state index is 11.8. The molecule has 0 spiro atoms. The summed E-state index contributed by atoms with van der Waals surface area (Å²) in [5, 5.41) is 2.98. The Morgan fingerprint density at radius 2 is 2.22 bits per heavy atom. The fraction of sp³-hybridized carbons (Fsp3) is 0.500. The zero-order valence-corrected chi connectivity index (χ0v) is 10.6. The lowest BCUT2D eigenvalue weighted by Crippen LogP contribution is -2.45. The van der Waals surface area contributed by atoms with E-state index in [1.54, 1.807) is 0 Å². The number of hydrogen-bond acceptors (Lipinski definition) is 3. The smallest absolute Gasteiger partial charge is 0.225 e. The first-order valence-corrected chi connectivity index (χ1v) is 6.56. The number of rotatable bonds is 1. The number of nitrogen functional groups attached to an aromatic ring is 1. The fourth-order valence-corrected chi connectivity index (χ4v) is 3.23.